The van der Waals surface area contributed by atoms with Crippen LogP contribution in [-0.4, -0.2) is 12.6 Å². The van der Waals surface area contributed by atoms with Crippen molar-refractivity contribution >= 4 is 5.97 Å². The van der Waals surface area contributed by atoms with Crippen LogP contribution in [0, 0.1) is 0 Å². The first-order chi connectivity index (χ1) is 26.2. The topological polar surface area (TPSA) is 26.3 Å². The smallest absolute Gasteiger partial charge is 0.330 e. The zero-order valence-corrected chi connectivity index (χ0v) is 37.8. The van der Waals surface area contributed by atoms with Crippen LogP contribution in [0.2, 0.25) is 0 Å². The van der Waals surface area contributed by atoms with E-state index in [1.54, 1.807) is 0 Å². The molecule has 0 rings (SSSR count). The SMILES string of the molecule is C=CC(=O)OC/C=C(\C)CC/C=C(\C)CC/C=C(\C)CC/C=C(\C)CC/C=C(\C)CC/C=C(\C)CC/C=C(\C)CC/C=C(\C)CC/C=C(\C)CCC=C(C)C. The van der Waals surface area contributed by atoms with E-state index in [0.717, 1.165) is 83.5 Å². The lowest BCUT2D eigenvalue weighted by Gasteiger charge is -2.04. The second kappa shape index (κ2) is 33.9. The molecule has 0 spiro atoms. The quantitative estimate of drug-likeness (QED) is 0.0415. The van der Waals surface area contributed by atoms with Crippen LogP contribution >= 0.6 is 0 Å². The zero-order chi connectivity index (χ0) is 41.3. The van der Waals surface area contributed by atoms with Gasteiger partial charge in [-0.05, 0) is 198 Å². The molecule has 0 aromatic rings. The highest BCUT2D eigenvalue weighted by molar-refractivity contribution is 5.81. The van der Waals surface area contributed by atoms with E-state index in [2.05, 4.69) is 137 Å². The summed E-state index contributed by atoms with van der Waals surface area (Å²) in [5, 5.41) is 0. The Balaban J connectivity index is 4.25. The molecule has 0 aliphatic carbocycles. The average molecular weight is 753 g/mol. The van der Waals surface area contributed by atoms with Crippen LogP contribution in [-0.2, 0) is 9.53 Å². The molecule has 0 fully saturated rings. The summed E-state index contributed by atoms with van der Waals surface area (Å²) in [7, 11) is 0. The lowest BCUT2D eigenvalue weighted by atomic mass is 10.0. The number of esters is 1. The maximum absolute atomic E-state index is 11.1. The van der Waals surface area contributed by atoms with E-state index in [9.17, 15) is 4.79 Å². The van der Waals surface area contributed by atoms with Gasteiger partial charge < -0.3 is 4.74 Å². The Morgan fingerprint density at radius 3 is 0.745 bits per heavy atom. The Hall–Kier alpha value is -3.39. The van der Waals surface area contributed by atoms with Crippen molar-refractivity contribution in [3.63, 3.8) is 0 Å². The van der Waals surface area contributed by atoms with Crippen LogP contribution in [0.25, 0.3) is 0 Å². The van der Waals surface area contributed by atoms with Crippen molar-refractivity contribution in [1.29, 1.82) is 0 Å². The molecule has 0 saturated heterocycles. The van der Waals surface area contributed by atoms with Crippen molar-refractivity contribution in [1.82, 2.24) is 0 Å². The van der Waals surface area contributed by atoms with Crippen molar-refractivity contribution in [2.24, 2.45) is 0 Å². The Morgan fingerprint density at radius 2 is 0.545 bits per heavy atom. The molecule has 0 aliphatic heterocycles. The molecule has 2 nitrogen and oxygen atoms in total. The summed E-state index contributed by atoms with van der Waals surface area (Å²) >= 11 is 0. The summed E-state index contributed by atoms with van der Waals surface area (Å²) in [6.07, 6.45) is 45.4. The van der Waals surface area contributed by atoms with E-state index in [4.69, 9.17) is 4.74 Å². The highest BCUT2D eigenvalue weighted by Gasteiger charge is 1.98. The van der Waals surface area contributed by atoms with Crippen LogP contribution in [0.15, 0.2) is 129 Å². The molecule has 0 N–H and O–H groups in total. The normalized spacial score (nSPS) is 14.4. The predicted octanol–water partition coefficient (Wildman–Crippen LogP) is 17.2. The molecule has 0 aromatic carbocycles. The fraction of sp³-hybridized carbons (Fsp3) is 0.566. The molecule has 308 valence electrons. The number of carbonyl (C=O) groups is 1. The molecular weight excluding hydrogens is 669 g/mol. The van der Waals surface area contributed by atoms with Crippen LogP contribution in [0.5, 0.6) is 0 Å². The van der Waals surface area contributed by atoms with Crippen molar-refractivity contribution < 1.29 is 9.53 Å². The highest BCUT2D eigenvalue weighted by atomic mass is 16.5. The minimum atomic E-state index is -0.372. The maximum atomic E-state index is 11.1. The lowest BCUT2D eigenvalue weighted by Crippen LogP contribution is -1.99. The number of hydrogen-bond donors (Lipinski definition) is 0. The Morgan fingerprint density at radius 1 is 0.345 bits per heavy atom. The molecule has 0 heterocycles. The Kier molecular flexibility index (Phi) is 31.8. The first kappa shape index (κ1) is 51.6. The average Bonchev–Trinajstić information content (AvgIpc) is 3.11. The van der Waals surface area contributed by atoms with Gasteiger partial charge in [0.25, 0.3) is 0 Å². The van der Waals surface area contributed by atoms with E-state index in [1.807, 2.05) is 6.08 Å². The van der Waals surface area contributed by atoms with Gasteiger partial charge >= 0.3 is 5.97 Å². The minimum absolute atomic E-state index is 0.321. The first-order valence-corrected chi connectivity index (χ1v) is 21.5. The minimum Gasteiger partial charge on any atom is -0.458 e. The highest BCUT2D eigenvalue weighted by Crippen LogP contribution is 2.18. The molecule has 0 aliphatic rings. The fourth-order valence-electron chi connectivity index (χ4n) is 6.20. The van der Waals surface area contributed by atoms with Gasteiger partial charge in [-0.3, -0.25) is 0 Å². The molecule has 0 radical (unpaired) electrons. The second-order valence-corrected chi connectivity index (χ2v) is 16.4. The van der Waals surface area contributed by atoms with Gasteiger partial charge in [0.2, 0.25) is 0 Å². The van der Waals surface area contributed by atoms with Crippen molar-refractivity contribution in [2.45, 2.75) is 192 Å². The third-order valence-electron chi connectivity index (χ3n) is 10.2. The number of allylic oxidation sites excluding steroid dienone is 19. The molecule has 0 saturated carbocycles. The Labute approximate surface area is 341 Å². The van der Waals surface area contributed by atoms with Crippen molar-refractivity contribution in [3.05, 3.63) is 129 Å². The molecule has 0 bridgehead atoms. The van der Waals surface area contributed by atoms with Crippen LogP contribution < -0.4 is 0 Å². The van der Waals surface area contributed by atoms with Gasteiger partial charge in [-0.15, -0.1) is 0 Å². The van der Waals surface area contributed by atoms with E-state index >= 15 is 0 Å². The van der Waals surface area contributed by atoms with E-state index in [0.29, 0.717) is 6.61 Å². The van der Waals surface area contributed by atoms with E-state index in [-0.39, 0.29) is 5.97 Å². The van der Waals surface area contributed by atoms with Crippen molar-refractivity contribution in [2.75, 3.05) is 6.61 Å². The van der Waals surface area contributed by atoms with Crippen molar-refractivity contribution in [3.8, 4) is 0 Å². The summed E-state index contributed by atoms with van der Waals surface area (Å²) < 4.78 is 5.02. The second-order valence-electron chi connectivity index (χ2n) is 16.4. The van der Waals surface area contributed by atoms with Gasteiger partial charge in [0.1, 0.15) is 6.61 Å². The summed E-state index contributed by atoms with van der Waals surface area (Å²) in [4.78, 5) is 11.1. The molecular formula is C53H84O2. The lowest BCUT2D eigenvalue weighted by molar-refractivity contribution is -0.136. The third kappa shape index (κ3) is 34.8. The molecule has 0 amide bonds. The van der Waals surface area contributed by atoms with Gasteiger partial charge in [0.15, 0.2) is 0 Å². The number of ether oxygens (including phenoxy) is 1. The van der Waals surface area contributed by atoms with Gasteiger partial charge in [-0.25, -0.2) is 4.79 Å². The zero-order valence-electron chi connectivity index (χ0n) is 37.8. The third-order valence-corrected chi connectivity index (χ3v) is 10.2. The monoisotopic (exact) mass is 753 g/mol. The molecule has 0 unspecified atom stereocenters. The molecule has 55 heavy (non-hydrogen) atoms. The summed E-state index contributed by atoms with van der Waals surface area (Å²) in [5.41, 5.74) is 14.7. The first-order valence-electron chi connectivity index (χ1n) is 21.5. The number of rotatable bonds is 30. The van der Waals surface area contributed by atoms with Gasteiger partial charge in [-0.2, -0.15) is 0 Å². The van der Waals surface area contributed by atoms with E-state index < -0.39 is 0 Å². The standard InChI is InChI=1S/C53H84O2/c1-13-53(54)55-42-41-52(12)40-22-39-51(11)38-21-37-50(10)36-20-35-49(9)34-19-33-48(8)32-18-31-47(7)30-17-29-46(6)28-16-27-45(5)26-15-25-44(4)24-14-23-43(2)3/h13,23,25,27,29,31,33,35,37,39,41H,1,14-22,24,26,28,30,32,34,36,38,40,42H2,2-12H3/b44-25+,45-27+,46-29+,47-31+,48-33+,49-35+,50-37+,51-39+,52-41+. The van der Waals surface area contributed by atoms with Gasteiger partial charge in [0.05, 0.1) is 0 Å². The Bertz CT molecular complexity index is 1420. The van der Waals surface area contributed by atoms with E-state index in [1.165, 1.54) is 93.9 Å². The molecule has 0 aromatic heterocycles. The fourth-order valence-corrected chi connectivity index (χ4v) is 6.20. The summed E-state index contributed by atoms with van der Waals surface area (Å²) in [6.45, 7) is 28.4. The maximum Gasteiger partial charge on any atom is 0.330 e. The number of hydrogen-bond acceptors (Lipinski definition) is 2. The predicted molar refractivity (Wildman–Crippen MR) is 248 cm³/mol. The van der Waals surface area contributed by atoms with Crippen LogP contribution in [0.4, 0.5) is 0 Å². The number of carbonyl (C=O) groups excluding carboxylic acids is 1. The largest absolute Gasteiger partial charge is 0.458 e. The van der Waals surface area contributed by atoms with Crippen LogP contribution in [0.3, 0.4) is 0 Å². The summed E-state index contributed by atoms with van der Waals surface area (Å²) in [5.74, 6) is -0.372. The van der Waals surface area contributed by atoms with Crippen LogP contribution in [0.1, 0.15) is 192 Å². The summed E-state index contributed by atoms with van der Waals surface area (Å²) in [6, 6.07) is 0. The van der Waals surface area contributed by atoms with Gasteiger partial charge in [-0.1, -0.05) is 117 Å². The molecule has 0 atom stereocenters. The van der Waals surface area contributed by atoms with Gasteiger partial charge in [0, 0.05) is 6.08 Å². The molecule has 2 heteroatoms.